The van der Waals surface area contributed by atoms with Crippen LogP contribution in [0.5, 0.6) is 0 Å². The summed E-state index contributed by atoms with van der Waals surface area (Å²) < 4.78 is 5.21. The first-order chi connectivity index (χ1) is 9.45. The SMILES string of the molecule is COC1CC(C(=O)O)N(C(=O)c2c(C)cccc2C)C1. The Morgan fingerprint density at radius 3 is 2.40 bits per heavy atom. The number of aliphatic carboxylic acids is 1. The lowest BCUT2D eigenvalue weighted by Crippen LogP contribution is -2.41. The van der Waals surface area contributed by atoms with Crippen molar-refractivity contribution in [2.45, 2.75) is 32.4 Å². The fourth-order valence-corrected chi connectivity index (χ4v) is 2.72. The van der Waals surface area contributed by atoms with Crippen LogP contribution in [0.25, 0.3) is 0 Å². The molecule has 5 heteroatoms. The van der Waals surface area contributed by atoms with Gasteiger partial charge in [0.2, 0.25) is 0 Å². The van der Waals surface area contributed by atoms with Gasteiger partial charge in [-0.25, -0.2) is 4.79 Å². The highest BCUT2D eigenvalue weighted by Crippen LogP contribution is 2.25. The number of carboxylic acids is 1. The highest BCUT2D eigenvalue weighted by Gasteiger charge is 2.40. The number of hydrogen-bond acceptors (Lipinski definition) is 3. The van der Waals surface area contributed by atoms with Crippen LogP contribution in [-0.4, -0.2) is 47.7 Å². The Labute approximate surface area is 118 Å². The van der Waals surface area contributed by atoms with Gasteiger partial charge in [-0.15, -0.1) is 0 Å². The van der Waals surface area contributed by atoms with E-state index in [0.717, 1.165) is 11.1 Å². The first kappa shape index (κ1) is 14.5. The molecule has 0 saturated carbocycles. The average Bonchev–Trinajstić information content (AvgIpc) is 2.82. The Hall–Kier alpha value is -1.88. The summed E-state index contributed by atoms with van der Waals surface area (Å²) in [6, 6.07) is 4.80. The minimum absolute atomic E-state index is 0.218. The zero-order valence-electron chi connectivity index (χ0n) is 11.9. The molecule has 1 saturated heterocycles. The zero-order chi connectivity index (χ0) is 14.9. The summed E-state index contributed by atoms with van der Waals surface area (Å²) in [6.45, 7) is 4.04. The standard InChI is InChI=1S/C15H19NO4/c1-9-5-4-6-10(2)13(9)14(17)16-8-11(20-3)7-12(16)15(18)19/h4-6,11-12H,7-8H2,1-3H3,(H,18,19). The molecular weight excluding hydrogens is 258 g/mol. The third-order valence-corrected chi connectivity index (χ3v) is 3.84. The Morgan fingerprint density at radius 2 is 1.90 bits per heavy atom. The fraction of sp³-hybridized carbons (Fsp3) is 0.467. The Bertz CT molecular complexity index is 520. The van der Waals surface area contributed by atoms with Crippen molar-refractivity contribution in [3.8, 4) is 0 Å². The normalized spacial score (nSPS) is 22.1. The smallest absolute Gasteiger partial charge is 0.326 e. The molecule has 2 rings (SSSR count). The number of hydrogen-bond donors (Lipinski definition) is 1. The molecule has 1 N–H and O–H groups in total. The van der Waals surface area contributed by atoms with Gasteiger partial charge < -0.3 is 14.7 Å². The minimum Gasteiger partial charge on any atom is -0.480 e. The van der Waals surface area contributed by atoms with Crippen LogP contribution in [0.1, 0.15) is 27.9 Å². The lowest BCUT2D eigenvalue weighted by atomic mass is 10.0. The predicted octanol–water partition coefficient (Wildman–Crippen LogP) is 1.62. The van der Waals surface area contributed by atoms with E-state index in [-0.39, 0.29) is 12.0 Å². The molecular formula is C15H19NO4. The van der Waals surface area contributed by atoms with E-state index in [0.29, 0.717) is 18.5 Å². The molecule has 20 heavy (non-hydrogen) atoms. The molecule has 2 atom stereocenters. The number of ether oxygens (including phenoxy) is 1. The largest absolute Gasteiger partial charge is 0.480 e. The maximum atomic E-state index is 12.7. The Balaban J connectivity index is 2.34. The summed E-state index contributed by atoms with van der Waals surface area (Å²) in [6.07, 6.45) is 0.118. The van der Waals surface area contributed by atoms with Crippen molar-refractivity contribution in [1.29, 1.82) is 0 Å². The van der Waals surface area contributed by atoms with Crippen molar-refractivity contribution >= 4 is 11.9 Å². The first-order valence-corrected chi connectivity index (χ1v) is 6.58. The second kappa shape index (κ2) is 5.63. The molecule has 0 spiro atoms. The van der Waals surface area contributed by atoms with Crippen molar-refractivity contribution in [3.63, 3.8) is 0 Å². The average molecular weight is 277 g/mol. The molecule has 1 amide bonds. The number of methoxy groups -OCH3 is 1. The molecule has 1 heterocycles. The molecule has 1 fully saturated rings. The second-order valence-corrected chi connectivity index (χ2v) is 5.17. The van der Waals surface area contributed by atoms with Crippen LogP contribution in [0.2, 0.25) is 0 Å². The highest BCUT2D eigenvalue weighted by atomic mass is 16.5. The summed E-state index contributed by atoms with van der Waals surface area (Å²) in [5, 5.41) is 9.28. The second-order valence-electron chi connectivity index (χ2n) is 5.17. The van der Waals surface area contributed by atoms with E-state index in [4.69, 9.17) is 4.74 Å². The number of rotatable bonds is 3. The number of aryl methyl sites for hydroxylation is 2. The number of carboxylic acid groups (broad SMARTS) is 1. The zero-order valence-corrected chi connectivity index (χ0v) is 11.9. The summed E-state index contributed by atoms with van der Waals surface area (Å²) in [5.41, 5.74) is 2.32. The lowest BCUT2D eigenvalue weighted by Gasteiger charge is -2.23. The van der Waals surface area contributed by atoms with Gasteiger partial charge in [-0.2, -0.15) is 0 Å². The molecule has 0 aromatic heterocycles. The van der Waals surface area contributed by atoms with Gasteiger partial charge in [-0.05, 0) is 25.0 Å². The van der Waals surface area contributed by atoms with E-state index in [1.54, 1.807) is 0 Å². The Morgan fingerprint density at radius 1 is 1.30 bits per heavy atom. The molecule has 1 aromatic rings. The number of benzene rings is 1. The lowest BCUT2D eigenvalue weighted by molar-refractivity contribution is -0.141. The topological polar surface area (TPSA) is 66.8 Å². The molecule has 5 nitrogen and oxygen atoms in total. The molecule has 0 radical (unpaired) electrons. The number of likely N-dealkylation sites (tertiary alicyclic amines) is 1. The van der Waals surface area contributed by atoms with Crippen molar-refractivity contribution in [1.82, 2.24) is 4.90 Å². The minimum atomic E-state index is -0.982. The summed E-state index contributed by atoms with van der Waals surface area (Å²) >= 11 is 0. The number of carbonyl (C=O) groups is 2. The molecule has 0 bridgehead atoms. The predicted molar refractivity (Wildman–Crippen MR) is 73.8 cm³/mol. The third kappa shape index (κ3) is 2.54. The van der Waals surface area contributed by atoms with E-state index < -0.39 is 12.0 Å². The Kier molecular flexibility index (Phi) is 4.09. The van der Waals surface area contributed by atoms with Crippen LogP contribution in [0.4, 0.5) is 0 Å². The van der Waals surface area contributed by atoms with E-state index in [1.807, 2.05) is 32.0 Å². The van der Waals surface area contributed by atoms with E-state index in [1.165, 1.54) is 12.0 Å². The monoisotopic (exact) mass is 277 g/mol. The van der Waals surface area contributed by atoms with E-state index >= 15 is 0 Å². The first-order valence-electron chi connectivity index (χ1n) is 6.58. The summed E-state index contributed by atoms with van der Waals surface area (Å²) in [7, 11) is 1.54. The van der Waals surface area contributed by atoms with Crippen LogP contribution in [0.3, 0.4) is 0 Å². The summed E-state index contributed by atoms with van der Waals surface area (Å²) in [4.78, 5) is 25.4. The van der Waals surface area contributed by atoms with Crippen molar-refractivity contribution < 1.29 is 19.4 Å². The van der Waals surface area contributed by atoms with Crippen LogP contribution in [-0.2, 0) is 9.53 Å². The van der Waals surface area contributed by atoms with E-state index in [2.05, 4.69) is 0 Å². The van der Waals surface area contributed by atoms with Gasteiger partial charge in [0, 0.05) is 25.6 Å². The molecule has 1 aliphatic rings. The molecule has 0 aliphatic carbocycles. The van der Waals surface area contributed by atoms with Gasteiger partial charge in [-0.3, -0.25) is 4.79 Å². The number of amides is 1. The maximum absolute atomic E-state index is 12.7. The van der Waals surface area contributed by atoms with Gasteiger partial charge in [0.1, 0.15) is 6.04 Å². The van der Waals surface area contributed by atoms with Crippen LogP contribution >= 0.6 is 0 Å². The molecule has 1 aliphatic heterocycles. The van der Waals surface area contributed by atoms with Crippen LogP contribution in [0.15, 0.2) is 18.2 Å². The third-order valence-electron chi connectivity index (χ3n) is 3.84. The van der Waals surface area contributed by atoms with Crippen molar-refractivity contribution in [2.24, 2.45) is 0 Å². The van der Waals surface area contributed by atoms with Gasteiger partial charge in [0.15, 0.2) is 0 Å². The molecule has 108 valence electrons. The fourth-order valence-electron chi connectivity index (χ4n) is 2.72. The van der Waals surface area contributed by atoms with Gasteiger partial charge in [0.05, 0.1) is 6.10 Å². The number of carbonyl (C=O) groups excluding carboxylic acids is 1. The maximum Gasteiger partial charge on any atom is 0.326 e. The molecule has 2 unspecified atom stereocenters. The van der Waals surface area contributed by atoms with E-state index in [9.17, 15) is 14.7 Å². The quantitative estimate of drug-likeness (QED) is 0.911. The van der Waals surface area contributed by atoms with Crippen LogP contribution < -0.4 is 0 Å². The number of nitrogens with zero attached hydrogens (tertiary/aromatic N) is 1. The van der Waals surface area contributed by atoms with Crippen molar-refractivity contribution in [3.05, 3.63) is 34.9 Å². The summed E-state index contributed by atoms with van der Waals surface area (Å²) in [5.74, 6) is -1.21. The molecule has 1 aromatic carbocycles. The van der Waals surface area contributed by atoms with Gasteiger partial charge in [0.25, 0.3) is 5.91 Å². The van der Waals surface area contributed by atoms with Crippen molar-refractivity contribution in [2.75, 3.05) is 13.7 Å². The van der Waals surface area contributed by atoms with Gasteiger partial charge in [-0.1, -0.05) is 18.2 Å². The van der Waals surface area contributed by atoms with Gasteiger partial charge >= 0.3 is 5.97 Å². The highest BCUT2D eigenvalue weighted by molar-refractivity contribution is 5.99. The van der Waals surface area contributed by atoms with Crippen LogP contribution in [0, 0.1) is 13.8 Å².